The Labute approximate surface area is 69.7 Å². The zero-order valence-corrected chi connectivity index (χ0v) is 6.45. The van der Waals surface area contributed by atoms with Crippen LogP contribution in [-0.4, -0.2) is 18.1 Å². The Balaban J connectivity index is 2.80. The quantitative estimate of drug-likeness (QED) is 0.739. The molecule has 1 aromatic carbocycles. The molecular formula is C9H10F2O. The van der Waals surface area contributed by atoms with Gasteiger partial charge in [0.25, 0.3) is 0 Å². The van der Waals surface area contributed by atoms with Crippen LogP contribution in [0, 0.1) is 0 Å². The lowest BCUT2D eigenvalue weighted by molar-refractivity contribution is 0.00956. The van der Waals surface area contributed by atoms with Crippen molar-refractivity contribution in [3.8, 4) is 0 Å². The average Bonchev–Trinajstić information content (AvgIpc) is 2.07. The number of aliphatic hydroxyl groups is 1. The van der Waals surface area contributed by atoms with Crippen LogP contribution in [-0.2, 0) is 0 Å². The number of alkyl halides is 2. The SMILES string of the molecule is OC(F)C(CF)c1ccccc1. The molecule has 12 heavy (non-hydrogen) atoms. The van der Waals surface area contributed by atoms with Crippen molar-refractivity contribution in [2.75, 3.05) is 6.67 Å². The third kappa shape index (κ3) is 2.01. The van der Waals surface area contributed by atoms with E-state index >= 15 is 0 Å². The standard InChI is InChI=1S/C9H10F2O/c10-6-8(9(11)12)7-4-2-1-3-5-7/h1-5,8-9,12H,6H2. The Morgan fingerprint density at radius 3 is 2.25 bits per heavy atom. The van der Waals surface area contributed by atoms with Gasteiger partial charge in [0.05, 0.1) is 5.92 Å². The highest BCUT2D eigenvalue weighted by Crippen LogP contribution is 2.20. The molecule has 0 aromatic heterocycles. The molecule has 0 saturated heterocycles. The van der Waals surface area contributed by atoms with E-state index in [1.165, 1.54) is 0 Å². The van der Waals surface area contributed by atoms with Gasteiger partial charge in [-0.3, -0.25) is 4.39 Å². The van der Waals surface area contributed by atoms with Crippen molar-refractivity contribution >= 4 is 0 Å². The van der Waals surface area contributed by atoms with Crippen LogP contribution in [0.5, 0.6) is 0 Å². The summed E-state index contributed by atoms with van der Waals surface area (Å²) in [5.74, 6) is -1.05. The van der Waals surface area contributed by atoms with Crippen molar-refractivity contribution in [2.24, 2.45) is 0 Å². The highest BCUT2D eigenvalue weighted by Gasteiger charge is 2.19. The maximum absolute atomic E-state index is 12.4. The molecule has 1 rings (SSSR count). The van der Waals surface area contributed by atoms with Gasteiger partial charge in [-0.15, -0.1) is 0 Å². The molecule has 1 N–H and O–H groups in total. The van der Waals surface area contributed by atoms with Crippen LogP contribution in [0.25, 0.3) is 0 Å². The largest absolute Gasteiger partial charge is 0.364 e. The molecule has 0 saturated carbocycles. The van der Waals surface area contributed by atoms with Gasteiger partial charge in [-0.1, -0.05) is 30.3 Å². The smallest absolute Gasteiger partial charge is 0.205 e. The zero-order valence-electron chi connectivity index (χ0n) is 6.45. The molecule has 3 heteroatoms. The van der Waals surface area contributed by atoms with Gasteiger partial charge in [0, 0.05) is 0 Å². The third-order valence-corrected chi connectivity index (χ3v) is 1.73. The van der Waals surface area contributed by atoms with Gasteiger partial charge in [-0.05, 0) is 5.56 Å². The first kappa shape index (κ1) is 9.13. The number of halogens is 2. The van der Waals surface area contributed by atoms with Crippen LogP contribution < -0.4 is 0 Å². The van der Waals surface area contributed by atoms with E-state index in [-0.39, 0.29) is 0 Å². The third-order valence-electron chi connectivity index (χ3n) is 1.73. The minimum Gasteiger partial charge on any atom is -0.364 e. The van der Waals surface area contributed by atoms with Crippen LogP contribution in [0.4, 0.5) is 8.78 Å². The normalized spacial score (nSPS) is 15.6. The van der Waals surface area contributed by atoms with Crippen molar-refractivity contribution in [1.29, 1.82) is 0 Å². The summed E-state index contributed by atoms with van der Waals surface area (Å²) in [7, 11) is 0. The zero-order chi connectivity index (χ0) is 8.97. The fourth-order valence-corrected chi connectivity index (χ4v) is 1.02. The van der Waals surface area contributed by atoms with Crippen molar-refractivity contribution < 1.29 is 13.9 Å². The number of aliphatic hydroxyl groups excluding tert-OH is 1. The number of benzene rings is 1. The number of hydrogen-bond donors (Lipinski definition) is 1. The first-order valence-corrected chi connectivity index (χ1v) is 3.68. The molecular weight excluding hydrogens is 162 g/mol. The van der Waals surface area contributed by atoms with Gasteiger partial charge in [-0.25, -0.2) is 4.39 Å². The average molecular weight is 172 g/mol. The van der Waals surface area contributed by atoms with Crippen LogP contribution >= 0.6 is 0 Å². The van der Waals surface area contributed by atoms with Crippen LogP contribution in [0.2, 0.25) is 0 Å². The molecule has 66 valence electrons. The van der Waals surface area contributed by atoms with Crippen molar-refractivity contribution in [3.05, 3.63) is 35.9 Å². The maximum atomic E-state index is 12.4. The molecule has 0 radical (unpaired) electrons. The van der Waals surface area contributed by atoms with Crippen molar-refractivity contribution in [2.45, 2.75) is 12.3 Å². The minimum absolute atomic E-state index is 0.481. The Hall–Kier alpha value is -0.960. The van der Waals surface area contributed by atoms with Gasteiger partial charge in [0.1, 0.15) is 6.67 Å². The Morgan fingerprint density at radius 2 is 1.83 bits per heavy atom. The molecule has 2 atom stereocenters. The van der Waals surface area contributed by atoms with E-state index in [1.54, 1.807) is 30.3 Å². The minimum atomic E-state index is -2.13. The highest BCUT2D eigenvalue weighted by atomic mass is 19.2. The summed E-state index contributed by atoms with van der Waals surface area (Å²) in [5.41, 5.74) is 0.481. The highest BCUT2D eigenvalue weighted by molar-refractivity contribution is 5.20. The first-order chi connectivity index (χ1) is 5.75. The lowest BCUT2D eigenvalue weighted by Crippen LogP contribution is -2.14. The summed E-state index contributed by atoms with van der Waals surface area (Å²) in [5, 5.41) is 8.56. The Morgan fingerprint density at radius 1 is 1.25 bits per heavy atom. The molecule has 1 nitrogen and oxygen atoms in total. The predicted octanol–water partition coefficient (Wildman–Crippen LogP) is 2.03. The molecule has 0 spiro atoms. The Bertz CT molecular complexity index is 223. The summed E-state index contributed by atoms with van der Waals surface area (Å²) in [6.45, 7) is -0.887. The molecule has 0 amide bonds. The maximum Gasteiger partial charge on any atom is 0.205 e. The lowest BCUT2D eigenvalue weighted by Gasteiger charge is -2.12. The molecule has 0 bridgehead atoms. The first-order valence-electron chi connectivity index (χ1n) is 3.68. The molecule has 0 heterocycles. The number of rotatable bonds is 3. The topological polar surface area (TPSA) is 20.2 Å². The fraction of sp³-hybridized carbons (Fsp3) is 0.333. The number of hydrogen-bond acceptors (Lipinski definition) is 1. The van der Waals surface area contributed by atoms with E-state index in [0.29, 0.717) is 5.56 Å². The van der Waals surface area contributed by atoms with E-state index < -0.39 is 19.0 Å². The molecule has 1 aromatic rings. The van der Waals surface area contributed by atoms with Crippen LogP contribution in [0.3, 0.4) is 0 Å². The van der Waals surface area contributed by atoms with E-state index in [2.05, 4.69) is 0 Å². The van der Waals surface area contributed by atoms with E-state index in [4.69, 9.17) is 5.11 Å². The van der Waals surface area contributed by atoms with Crippen molar-refractivity contribution in [1.82, 2.24) is 0 Å². The Kier molecular flexibility index (Phi) is 3.17. The molecule has 0 aliphatic carbocycles. The van der Waals surface area contributed by atoms with E-state index in [9.17, 15) is 8.78 Å². The van der Waals surface area contributed by atoms with E-state index in [1.807, 2.05) is 0 Å². The fourth-order valence-electron chi connectivity index (χ4n) is 1.02. The molecule has 0 aliphatic rings. The van der Waals surface area contributed by atoms with Gasteiger partial charge < -0.3 is 5.11 Å². The molecule has 0 aliphatic heterocycles. The second kappa shape index (κ2) is 4.16. The summed E-state index contributed by atoms with van der Waals surface area (Å²) in [4.78, 5) is 0. The second-order valence-electron chi connectivity index (χ2n) is 2.54. The van der Waals surface area contributed by atoms with Crippen LogP contribution in [0.15, 0.2) is 30.3 Å². The van der Waals surface area contributed by atoms with Crippen LogP contribution in [0.1, 0.15) is 11.5 Å². The van der Waals surface area contributed by atoms with Gasteiger partial charge >= 0.3 is 0 Å². The second-order valence-corrected chi connectivity index (χ2v) is 2.54. The summed E-state index contributed by atoms with van der Waals surface area (Å²) in [6, 6.07) is 8.30. The monoisotopic (exact) mass is 172 g/mol. The van der Waals surface area contributed by atoms with E-state index in [0.717, 1.165) is 0 Å². The lowest BCUT2D eigenvalue weighted by atomic mass is 10.0. The molecule has 0 fully saturated rings. The van der Waals surface area contributed by atoms with Gasteiger partial charge in [0.15, 0.2) is 0 Å². The van der Waals surface area contributed by atoms with Gasteiger partial charge in [0.2, 0.25) is 6.36 Å². The molecule has 2 unspecified atom stereocenters. The predicted molar refractivity (Wildman–Crippen MR) is 42.3 cm³/mol. The van der Waals surface area contributed by atoms with Gasteiger partial charge in [-0.2, -0.15) is 0 Å². The van der Waals surface area contributed by atoms with Crippen molar-refractivity contribution in [3.63, 3.8) is 0 Å². The summed E-state index contributed by atoms with van der Waals surface area (Å²) in [6.07, 6.45) is -2.13. The summed E-state index contributed by atoms with van der Waals surface area (Å²) < 4.78 is 24.6. The summed E-state index contributed by atoms with van der Waals surface area (Å²) >= 11 is 0.